The molecular weight excluding hydrogens is 308 g/mol. The Balaban J connectivity index is 2.33. The van der Waals surface area contributed by atoms with E-state index in [1.807, 2.05) is 0 Å². The van der Waals surface area contributed by atoms with E-state index in [0.717, 1.165) is 0 Å². The quantitative estimate of drug-likeness (QED) is 0.684. The molecule has 0 saturated heterocycles. The van der Waals surface area contributed by atoms with E-state index in [1.54, 1.807) is 0 Å². The van der Waals surface area contributed by atoms with Crippen molar-refractivity contribution >= 4 is 21.8 Å². The Labute approximate surface area is 126 Å². The Morgan fingerprint density at radius 1 is 0.909 bits per heavy atom. The van der Waals surface area contributed by atoms with E-state index in [0.29, 0.717) is 0 Å². The average Bonchev–Trinajstić information content (AvgIpc) is 2.47. The number of carboxylic acids is 1. The van der Waals surface area contributed by atoms with Gasteiger partial charge in [-0.3, -0.25) is 4.79 Å². The van der Waals surface area contributed by atoms with Gasteiger partial charge in [0.25, 0.3) is 0 Å². The topological polar surface area (TPSA) is 97.7 Å². The van der Waals surface area contributed by atoms with Crippen molar-refractivity contribution in [3.63, 3.8) is 0 Å². The van der Waals surface area contributed by atoms with Crippen LogP contribution >= 0.6 is 0 Å². The molecule has 0 saturated carbocycles. The third-order valence-electron chi connectivity index (χ3n) is 2.81. The lowest BCUT2D eigenvalue weighted by molar-refractivity contribution is -0.131. The summed E-state index contributed by atoms with van der Waals surface area (Å²) in [5.41, 5.74) is 0.00385. The molecule has 0 aliphatic carbocycles. The van der Waals surface area contributed by atoms with Gasteiger partial charge >= 0.3 is 11.9 Å². The minimum atomic E-state index is -3.76. The molecule has 22 heavy (non-hydrogen) atoms. The molecular formula is C15H12O6S. The van der Waals surface area contributed by atoms with Gasteiger partial charge in [-0.15, -0.1) is 0 Å². The lowest BCUT2D eigenvalue weighted by Gasteiger charge is -2.06. The summed E-state index contributed by atoms with van der Waals surface area (Å²) in [6, 6.07) is 10.3. The van der Waals surface area contributed by atoms with Crippen LogP contribution in [0.4, 0.5) is 0 Å². The third-order valence-corrected chi connectivity index (χ3v) is 4.59. The molecule has 0 heterocycles. The number of carboxylic acid groups (broad SMARTS) is 1. The zero-order chi connectivity index (χ0) is 16.3. The van der Waals surface area contributed by atoms with Crippen LogP contribution < -0.4 is 4.74 Å². The van der Waals surface area contributed by atoms with Gasteiger partial charge in [0, 0.05) is 6.92 Å². The van der Waals surface area contributed by atoms with Crippen molar-refractivity contribution in [2.24, 2.45) is 0 Å². The number of ether oxygens (including phenoxy) is 1. The first-order chi connectivity index (χ1) is 10.3. The lowest BCUT2D eigenvalue weighted by atomic mass is 10.2. The van der Waals surface area contributed by atoms with Crippen molar-refractivity contribution in [2.75, 3.05) is 0 Å². The van der Waals surface area contributed by atoms with Gasteiger partial charge in [0.05, 0.1) is 15.4 Å². The van der Waals surface area contributed by atoms with Crippen LogP contribution in [0, 0.1) is 0 Å². The molecule has 0 fully saturated rings. The predicted octanol–water partition coefficient (Wildman–Crippen LogP) is 2.14. The van der Waals surface area contributed by atoms with Crippen LogP contribution in [0.5, 0.6) is 5.75 Å². The fraction of sp³-hybridized carbons (Fsp3) is 0.0667. The second-order valence-corrected chi connectivity index (χ2v) is 6.35. The first-order valence-electron chi connectivity index (χ1n) is 6.17. The van der Waals surface area contributed by atoms with Gasteiger partial charge in [-0.2, -0.15) is 0 Å². The summed E-state index contributed by atoms with van der Waals surface area (Å²) in [5, 5.41) is 8.81. The SMILES string of the molecule is CC(=O)Oc1ccc(S(=O)(=O)c2ccc(C(=O)O)cc2)cc1. The highest BCUT2D eigenvalue weighted by molar-refractivity contribution is 7.91. The normalized spacial score (nSPS) is 11.0. The minimum absolute atomic E-state index is 0.00385. The molecule has 0 atom stereocenters. The van der Waals surface area contributed by atoms with Crippen molar-refractivity contribution in [3.8, 4) is 5.75 Å². The number of aromatic carboxylic acids is 1. The molecule has 0 amide bonds. The number of sulfone groups is 1. The van der Waals surface area contributed by atoms with E-state index in [9.17, 15) is 18.0 Å². The van der Waals surface area contributed by atoms with Gasteiger partial charge in [0.1, 0.15) is 5.75 Å². The molecule has 0 radical (unpaired) electrons. The highest BCUT2D eigenvalue weighted by atomic mass is 32.2. The van der Waals surface area contributed by atoms with Crippen molar-refractivity contribution in [3.05, 3.63) is 54.1 Å². The first-order valence-corrected chi connectivity index (χ1v) is 7.66. The average molecular weight is 320 g/mol. The molecule has 2 aromatic carbocycles. The van der Waals surface area contributed by atoms with Crippen molar-refractivity contribution < 1.29 is 27.9 Å². The summed E-state index contributed by atoms with van der Waals surface area (Å²) >= 11 is 0. The molecule has 0 aliphatic heterocycles. The van der Waals surface area contributed by atoms with Crippen LogP contribution in [0.2, 0.25) is 0 Å². The number of carbonyl (C=O) groups is 2. The summed E-state index contributed by atoms with van der Waals surface area (Å²) in [5.74, 6) is -1.39. The van der Waals surface area contributed by atoms with E-state index in [-0.39, 0.29) is 21.1 Å². The first kappa shape index (κ1) is 15.7. The van der Waals surface area contributed by atoms with E-state index < -0.39 is 21.8 Å². The lowest BCUT2D eigenvalue weighted by Crippen LogP contribution is -2.04. The molecule has 0 unspecified atom stereocenters. The van der Waals surface area contributed by atoms with Gasteiger partial charge in [-0.05, 0) is 48.5 Å². The Kier molecular flexibility index (Phi) is 4.27. The Bertz CT molecular complexity index is 804. The summed E-state index contributed by atoms with van der Waals surface area (Å²) in [6.07, 6.45) is 0. The molecule has 2 rings (SSSR count). The standard InChI is InChI=1S/C15H12O6S/c1-10(16)21-12-4-8-14(9-5-12)22(19,20)13-6-2-11(3-7-13)15(17)18/h2-9H,1H3,(H,17,18). The number of hydrogen-bond donors (Lipinski definition) is 1. The van der Waals surface area contributed by atoms with Gasteiger partial charge < -0.3 is 9.84 Å². The second-order valence-electron chi connectivity index (χ2n) is 4.40. The van der Waals surface area contributed by atoms with Crippen LogP contribution in [0.15, 0.2) is 58.3 Å². The zero-order valence-electron chi connectivity index (χ0n) is 11.5. The smallest absolute Gasteiger partial charge is 0.335 e. The Hall–Kier alpha value is -2.67. The maximum absolute atomic E-state index is 12.4. The maximum Gasteiger partial charge on any atom is 0.335 e. The fourth-order valence-corrected chi connectivity index (χ4v) is 3.03. The summed E-state index contributed by atoms with van der Waals surface area (Å²) in [4.78, 5) is 21.6. The van der Waals surface area contributed by atoms with Crippen molar-refractivity contribution in [1.82, 2.24) is 0 Å². The number of hydrogen-bond acceptors (Lipinski definition) is 5. The maximum atomic E-state index is 12.4. The molecule has 114 valence electrons. The van der Waals surface area contributed by atoms with Gasteiger partial charge in [-0.1, -0.05) is 0 Å². The molecule has 7 heteroatoms. The predicted molar refractivity (Wildman–Crippen MR) is 76.6 cm³/mol. The number of esters is 1. The number of rotatable bonds is 4. The van der Waals surface area contributed by atoms with Crippen LogP contribution in [-0.4, -0.2) is 25.5 Å². The van der Waals surface area contributed by atoms with Crippen LogP contribution in [-0.2, 0) is 14.6 Å². The third kappa shape index (κ3) is 3.32. The number of benzene rings is 2. The molecule has 1 N–H and O–H groups in total. The molecule has 0 aliphatic rings. The van der Waals surface area contributed by atoms with E-state index >= 15 is 0 Å². The molecule has 6 nitrogen and oxygen atoms in total. The monoisotopic (exact) mass is 320 g/mol. The van der Waals surface area contributed by atoms with Crippen molar-refractivity contribution in [2.45, 2.75) is 16.7 Å². The van der Waals surface area contributed by atoms with Crippen LogP contribution in [0.25, 0.3) is 0 Å². The van der Waals surface area contributed by atoms with Gasteiger partial charge in [-0.25, -0.2) is 13.2 Å². The second kappa shape index (κ2) is 5.98. The summed E-state index contributed by atoms with van der Waals surface area (Å²) in [6.45, 7) is 1.24. The van der Waals surface area contributed by atoms with E-state index in [2.05, 4.69) is 0 Å². The van der Waals surface area contributed by atoms with Crippen LogP contribution in [0.1, 0.15) is 17.3 Å². The zero-order valence-corrected chi connectivity index (χ0v) is 12.3. The van der Waals surface area contributed by atoms with Gasteiger partial charge in [0.2, 0.25) is 9.84 Å². The molecule has 0 spiro atoms. The van der Waals surface area contributed by atoms with E-state index in [1.165, 1.54) is 55.5 Å². The largest absolute Gasteiger partial charge is 0.478 e. The highest BCUT2D eigenvalue weighted by Crippen LogP contribution is 2.23. The number of carbonyl (C=O) groups excluding carboxylic acids is 1. The highest BCUT2D eigenvalue weighted by Gasteiger charge is 2.18. The summed E-state index contributed by atoms with van der Waals surface area (Å²) < 4.78 is 29.6. The van der Waals surface area contributed by atoms with E-state index in [4.69, 9.17) is 9.84 Å². The van der Waals surface area contributed by atoms with Crippen LogP contribution in [0.3, 0.4) is 0 Å². The Morgan fingerprint density at radius 2 is 1.36 bits per heavy atom. The molecule has 0 aromatic heterocycles. The van der Waals surface area contributed by atoms with Gasteiger partial charge in [0.15, 0.2) is 0 Å². The Morgan fingerprint density at radius 3 is 1.77 bits per heavy atom. The molecule has 0 bridgehead atoms. The minimum Gasteiger partial charge on any atom is -0.478 e. The fourth-order valence-electron chi connectivity index (χ4n) is 1.77. The summed E-state index contributed by atoms with van der Waals surface area (Å²) in [7, 11) is -3.76. The molecule has 2 aromatic rings. The van der Waals surface area contributed by atoms with Crippen molar-refractivity contribution in [1.29, 1.82) is 0 Å².